The second kappa shape index (κ2) is 5.36. The molecular formula is C13H22N2. The highest BCUT2D eigenvalue weighted by atomic mass is 15.0. The highest BCUT2D eigenvalue weighted by Crippen LogP contribution is 2.28. The molecule has 84 valence electrons. The Balaban J connectivity index is 1.77. The van der Waals surface area contributed by atoms with Crippen LogP contribution in [-0.4, -0.2) is 17.2 Å². The van der Waals surface area contributed by atoms with Crippen LogP contribution in [0.25, 0.3) is 0 Å². The van der Waals surface area contributed by atoms with E-state index in [0.717, 1.165) is 12.1 Å². The fourth-order valence-electron chi connectivity index (χ4n) is 2.52. The van der Waals surface area contributed by atoms with Crippen LogP contribution in [0.2, 0.25) is 0 Å². The number of hydrogen-bond donors (Lipinski definition) is 1. The molecule has 1 fully saturated rings. The lowest BCUT2D eigenvalue weighted by molar-refractivity contribution is 0.292. The average Bonchev–Trinajstić information content (AvgIpc) is 2.80. The van der Waals surface area contributed by atoms with Crippen LogP contribution in [0.5, 0.6) is 0 Å². The molecule has 1 aliphatic rings. The molecule has 0 saturated heterocycles. The molecule has 0 radical (unpaired) electrons. The first kappa shape index (κ1) is 10.7. The summed E-state index contributed by atoms with van der Waals surface area (Å²) < 4.78 is 2.37. The monoisotopic (exact) mass is 206 g/mol. The van der Waals surface area contributed by atoms with Crippen molar-refractivity contribution in [3.8, 4) is 0 Å². The standard InChI is InChI=1S/C13H22N2/c1-2-9-14-12-5-7-13(8-6-12)15-10-3-4-11-15/h3-4,10-14H,2,5-9H2,1H3. The summed E-state index contributed by atoms with van der Waals surface area (Å²) >= 11 is 0. The Morgan fingerprint density at radius 3 is 2.40 bits per heavy atom. The maximum atomic E-state index is 3.63. The van der Waals surface area contributed by atoms with Crippen LogP contribution in [0, 0.1) is 0 Å². The van der Waals surface area contributed by atoms with Gasteiger partial charge in [0, 0.05) is 24.5 Å². The van der Waals surface area contributed by atoms with Crippen LogP contribution < -0.4 is 5.32 Å². The van der Waals surface area contributed by atoms with Gasteiger partial charge in [-0.3, -0.25) is 0 Å². The maximum absolute atomic E-state index is 3.63. The molecule has 1 aromatic rings. The number of hydrogen-bond acceptors (Lipinski definition) is 1. The van der Waals surface area contributed by atoms with Crippen LogP contribution in [0.4, 0.5) is 0 Å². The van der Waals surface area contributed by atoms with Crippen LogP contribution in [0.1, 0.15) is 45.1 Å². The van der Waals surface area contributed by atoms with Crippen molar-refractivity contribution in [2.45, 2.75) is 51.1 Å². The van der Waals surface area contributed by atoms with Crippen LogP contribution in [-0.2, 0) is 0 Å². The average molecular weight is 206 g/mol. The summed E-state index contributed by atoms with van der Waals surface area (Å²) in [4.78, 5) is 0. The van der Waals surface area contributed by atoms with Crippen LogP contribution in [0.15, 0.2) is 24.5 Å². The molecule has 0 unspecified atom stereocenters. The van der Waals surface area contributed by atoms with E-state index in [0.29, 0.717) is 0 Å². The molecule has 2 heteroatoms. The lowest BCUT2D eigenvalue weighted by Crippen LogP contribution is -2.34. The zero-order chi connectivity index (χ0) is 10.5. The van der Waals surface area contributed by atoms with E-state index in [1.807, 2.05) is 0 Å². The highest BCUT2D eigenvalue weighted by molar-refractivity contribution is 4.94. The third-order valence-electron chi connectivity index (χ3n) is 3.43. The minimum absolute atomic E-state index is 0.750. The van der Waals surface area contributed by atoms with Gasteiger partial charge >= 0.3 is 0 Å². The van der Waals surface area contributed by atoms with Crippen molar-refractivity contribution in [3.05, 3.63) is 24.5 Å². The topological polar surface area (TPSA) is 17.0 Å². The maximum Gasteiger partial charge on any atom is 0.0331 e. The first-order valence-electron chi connectivity index (χ1n) is 6.26. The van der Waals surface area contributed by atoms with E-state index in [4.69, 9.17) is 0 Å². The zero-order valence-electron chi connectivity index (χ0n) is 9.65. The van der Waals surface area contributed by atoms with Crippen molar-refractivity contribution >= 4 is 0 Å². The molecule has 1 aromatic heterocycles. The predicted octanol–water partition coefficient (Wildman–Crippen LogP) is 2.97. The van der Waals surface area contributed by atoms with Gasteiger partial charge in [0.2, 0.25) is 0 Å². The van der Waals surface area contributed by atoms with Crippen molar-refractivity contribution in [2.75, 3.05) is 6.54 Å². The lowest BCUT2D eigenvalue weighted by Gasteiger charge is -2.30. The largest absolute Gasteiger partial charge is 0.351 e. The quantitative estimate of drug-likeness (QED) is 0.801. The molecule has 0 amide bonds. The molecule has 1 heterocycles. The van der Waals surface area contributed by atoms with E-state index < -0.39 is 0 Å². The fraction of sp³-hybridized carbons (Fsp3) is 0.692. The summed E-state index contributed by atoms with van der Waals surface area (Å²) in [6.45, 7) is 3.41. The molecule has 0 atom stereocenters. The van der Waals surface area contributed by atoms with Gasteiger partial charge < -0.3 is 9.88 Å². The Hall–Kier alpha value is -0.760. The lowest BCUT2D eigenvalue weighted by atomic mass is 9.91. The number of aromatic nitrogens is 1. The normalized spacial score (nSPS) is 26.7. The molecule has 15 heavy (non-hydrogen) atoms. The predicted molar refractivity (Wildman–Crippen MR) is 64.0 cm³/mol. The van der Waals surface area contributed by atoms with Gasteiger partial charge in [-0.05, 0) is 50.8 Å². The minimum Gasteiger partial charge on any atom is -0.351 e. The Bertz CT molecular complexity index is 258. The Morgan fingerprint density at radius 2 is 1.80 bits per heavy atom. The van der Waals surface area contributed by atoms with Crippen molar-refractivity contribution < 1.29 is 0 Å². The molecule has 1 saturated carbocycles. The summed E-state index contributed by atoms with van der Waals surface area (Å²) in [6, 6.07) is 5.78. The van der Waals surface area contributed by atoms with Gasteiger partial charge in [0.25, 0.3) is 0 Å². The van der Waals surface area contributed by atoms with E-state index in [1.54, 1.807) is 0 Å². The zero-order valence-corrected chi connectivity index (χ0v) is 9.65. The molecule has 0 aromatic carbocycles. The van der Waals surface area contributed by atoms with Gasteiger partial charge in [0.15, 0.2) is 0 Å². The van der Waals surface area contributed by atoms with E-state index in [1.165, 1.54) is 38.6 Å². The third-order valence-corrected chi connectivity index (χ3v) is 3.43. The van der Waals surface area contributed by atoms with E-state index in [9.17, 15) is 0 Å². The van der Waals surface area contributed by atoms with Gasteiger partial charge in [-0.1, -0.05) is 6.92 Å². The molecule has 1 aliphatic carbocycles. The van der Waals surface area contributed by atoms with Crippen molar-refractivity contribution in [3.63, 3.8) is 0 Å². The Morgan fingerprint density at radius 1 is 1.13 bits per heavy atom. The second-order valence-corrected chi connectivity index (χ2v) is 4.59. The number of nitrogens with zero attached hydrogens (tertiary/aromatic N) is 1. The van der Waals surface area contributed by atoms with Crippen molar-refractivity contribution in [1.82, 2.24) is 9.88 Å². The molecular weight excluding hydrogens is 184 g/mol. The Kier molecular flexibility index (Phi) is 3.84. The summed E-state index contributed by atoms with van der Waals surface area (Å²) in [6.07, 6.45) is 11.0. The number of nitrogens with one attached hydrogen (secondary N) is 1. The van der Waals surface area contributed by atoms with Gasteiger partial charge in [-0.2, -0.15) is 0 Å². The van der Waals surface area contributed by atoms with Crippen molar-refractivity contribution in [1.29, 1.82) is 0 Å². The van der Waals surface area contributed by atoms with E-state index in [-0.39, 0.29) is 0 Å². The van der Waals surface area contributed by atoms with Gasteiger partial charge in [-0.15, -0.1) is 0 Å². The van der Waals surface area contributed by atoms with Crippen LogP contribution >= 0.6 is 0 Å². The molecule has 2 nitrogen and oxygen atoms in total. The van der Waals surface area contributed by atoms with Gasteiger partial charge in [-0.25, -0.2) is 0 Å². The summed E-state index contributed by atoms with van der Waals surface area (Å²) in [7, 11) is 0. The second-order valence-electron chi connectivity index (χ2n) is 4.59. The smallest absolute Gasteiger partial charge is 0.0331 e. The van der Waals surface area contributed by atoms with E-state index >= 15 is 0 Å². The first-order valence-corrected chi connectivity index (χ1v) is 6.26. The number of rotatable bonds is 4. The third kappa shape index (κ3) is 2.85. The fourth-order valence-corrected chi connectivity index (χ4v) is 2.52. The minimum atomic E-state index is 0.750. The molecule has 0 bridgehead atoms. The van der Waals surface area contributed by atoms with Crippen LogP contribution in [0.3, 0.4) is 0 Å². The molecule has 1 N–H and O–H groups in total. The van der Waals surface area contributed by atoms with Gasteiger partial charge in [0.1, 0.15) is 0 Å². The molecule has 0 spiro atoms. The SMILES string of the molecule is CCCNC1CCC(n2cccc2)CC1. The summed E-state index contributed by atoms with van der Waals surface area (Å²) in [5.74, 6) is 0. The highest BCUT2D eigenvalue weighted by Gasteiger charge is 2.20. The van der Waals surface area contributed by atoms with Crippen molar-refractivity contribution in [2.24, 2.45) is 0 Å². The van der Waals surface area contributed by atoms with E-state index in [2.05, 4.69) is 41.3 Å². The molecule has 0 aliphatic heterocycles. The Labute approximate surface area is 92.7 Å². The molecule has 2 rings (SSSR count). The summed E-state index contributed by atoms with van der Waals surface area (Å²) in [5, 5.41) is 3.63. The summed E-state index contributed by atoms with van der Waals surface area (Å²) in [5.41, 5.74) is 0. The van der Waals surface area contributed by atoms with Gasteiger partial charge in [0.05, 0.1) is 0 Å². The first-order chi connectivity index (χ1) is 7.40.